The van der Waals surface area contributed by atoms with Gasteiger partial charge in [-0.15, -0.1) is 0 Å². The highest BCUT2D eigenvalue weighted by molar-refractivity contribution is 6.00. The van der Waals surface area contributed by atoms with E-state index in [4.69, 9.17) is 0 Å². The standard InChI is InChI=1S/C15H18N4O2/c1-11(20)14-10-16-19-4-3-13(9-15(14)19)18-7-5-17(6-8-18)12(2)21/h3-4,9-10H,5-8H2,1-2H3. The van der Waals surface area contributed by atoms with Gasteiger partial charge in [0.25, 0.3) is 0 Å². The molecule has 0 bridgehead atoms. The second-order valence-electron chi connectivity index (χ2n) is 5.32. The fourth-order valence-corrected chi connectivity index (χ4v) is 2.72. The first kappa shape index (κ1) is 13.6. The molecule has 1 aliphatic rings. The summed E-state index contributed by atoms with van der Waals surface area (Å²) in [4.78, 5) is 27.1. The third-order valence-electron chi connectivity index (χ3n) is 3.97. The molecule has 0 atom stereocenters. The smallest absolute Gasteiger partial charge is 0.219 e. The van der Waals surface area contributed by atoms with E-state index >= 15 is 0 Å². The number of anilines is 1. The zero-order valence-electron chi connectivity index (χ0n) is 12.2. The van der Waals surface area contributed by atoms with Crippen molar-refractivity contribution in [3.8, 4) is 0 Å². The van der Waals surface area contributed by atoms with Crippen molar-refractivity contribution in [2.24, 2.45) is 0 Å². The number of carbonyl (C=O) groups is 2. The molecule has 0 aromatic carbocycles. The van der Waals surface area contributed by atoms with Crippen LogP contribution in [0.4, 0.5) is 5.69 Å². The van der Waals surface area contributed by atoms with Gasteiger partial charge in [0.15, 0.2) is 5.78 Å². The summed E-state index contributed by atoms with van der Waals surface area (Å²) < 4.78 is 1.71. The molecule has 1 aliphatic heterocycles. The SMILES string of the molecule is CC(=O)c1cnn2ccc(N3CCN(C(C)=O)CC3)cc12. The van der Waals surface area contributed by atoms with Crippen LogP contribution in [0.5, 0.6) is 0 Å². The molecule has 2 aromatic heterocycles. The minimum atomic E-state index is 0.0172. The predicted molar refractivity (Wildman–Crippen MR) is 79.7 cm³/mol. The first-order valence-electron chi connectivity index (χ1n) is 7.05. The molecular formula is C15H18N4O2. The molecule has 2 aromatic rings. The van der Waals surface area contributed by atoms with Crippen LogP contribution in [0, 0.1) is 0 Å². The highest BCUT2D eigenvalue weighted by Crippen LogP contribution is 2.21. The largest absolute Gasteiger partial charge is 0.368 e. The van der Waals surface area contributed by atoms with Gasteiger partial charge in [-0.2, -0.15) is 5.10 Å². The number of ketones is 1. The van der Waals surface area contributed by atoms with E-state index in [1.54, 1.807) is 24.6 Å². The summed E-state index contributed by atoms with van der Waals surface area (Å²) in [5.41, 5.74) is 2.53. The van der Waals surface area contributed by atoms with Gasteiger partial charge in [-0.1, -0.05) is 0 Å². The Morgan fingerprint density at radius 1 is 1.14 bits per heavy atom. The summed E-state index contributed by atoms with van der Waals surface area (Å²) in [5, 5.41) is 4.19. The molecular weight excluding hydrogens is 268 g/mol. The van der Waals surface area contributed by atoms with Crippen molar-refractivity contribution in [3.05, 3.63) is 30.1 Å². The van der Waals surface area contributed by atoms with E-state index in [9.17, 15) is 9.59 Å². The average molecular weight is 286 g/mol. The van der Waals surface area contributed by atoms with Gasteiger partial charge in [0.1, 0.15) is 0 Å². The van der Waals surface area contributed by atoms with Crippen LogP contribution in [0.15, 0.2) is 24.5 Å². The van der Waals surface area contributed by atoms with Crippen LogP contribution in [0.3, 0.4) is 0 Å². The molecule has 0 spiro atoms. The van der Waals surface area contributed by atoms with Crippen molar-refractivity contribution in [1.29, 1.82) is 0 Å². The highest BCUT2D eigenvalue weighted by Gasteiger charge is 2.19. The molecule has 6 nitrogen and oxygen atoms in total. The number of rotatable bonds is 2. The van der Waals surface area contributed by atoms with E-state index in [1.807, 2.05) is 23.2 Å². The van der Waals surface area contributed by atoms with Crippen LogP contribution in [-0.4, -0.2) is 52.4 Å². The van der Waals surface area contributed by atoms with Crippen molar-refractivity contribution in [3.63, 3.8) is 0 Å². The highest BCUT2D eigenvalue weighted by atomic mass is 16.2. The lowest BCUT2D eigenvalue weighted by Crippen LogP contribution is -2.48. The molecule has 0 radical (unpaired) electrons. The number of hydrogen-bond acceptors (Lipinski definition) is 4. The number of pyridine rings is 1. The lowest BCUT2D eigenvalue weighted by Gasteiger charge is -2.35. The molecule has 0 unspecified atom stereocenters. The second kappa shape index (κ2) is 5.20. The molecule has 3 heterocycles. The number of nitrogens with zero attached hydrogens (tertiary/aromatic N) is 4. The monoisotopic (exact) mass is 286 g/mol. The van der Waals surface area contributed by atoms with Crippen LogP contribution in [-0.2, 0) is 4.79 Å². The Kier molecular flexibility index (Phi) is 3.37. The number of fused-ring (bicyclic) bond motifs is 1. The van der Waals surface area contributed by atoms with Crippen molar-refractivity contribution in [2.45, 2.75) is 13.8 Å². The average Bonchev–Trinajstić information content (AvgIpc) is 2.90. The molecule has 0 saturated carbocycles. The Morgan fingerprint density at radius 2 is 1.86 bits per heavy atom. The number of Topliss-reactive ketones (excluding diaryl/α,β-unsaturated/α-hetero) is 1. The summed E-state index contributed by atoms with van der Waals surface area (Å²) in [5.74, 6) is 0.142. The summed E-state index contributed by atoms with van der Waals surface area (Å²) >= 11 is 0. The quantitative estimate of drug-likeness (QED) is 0.779. The van der Waals surface area contributed by atoms with Crippen molar-refractivity contribution >= 4 is 22.9 Å². The minimum absolute atomic E-state index is 0.0172. The van der Waals surface area contributed by atoms with Gasteiger partial charge in [-0.05, 0) is 19.1 Å². The van der Waals surface area contributed by atoms with E-state index in [2.05, 4.69) is 10.00 Å². The molecule has 0 aliphatic carbocycles. The first-order chi connectivity index (χ1) is 10.1. The molecule has 6 heteroatoms. The van der Waals surface area contributed by atoms with E-state index < -0.39 is 0 Å². The molecule has 3 rings (SSSR count). The first-order valence-corrected chi connectivity index (χ1v) is 7.05. The van der Waals surface area contributed by atoms with Crippen molar-refractivity contribution < 1.29 is 9.59 Å². The van der Waals surface area contributed by atoms with Gasteiger partial charge in [0.2, 0.25) is 5.91 Å². The van der Waals surface area contributed by atoms with Crippen LogP contribution in [0.1, 0.15) is 24.2 Å². The topological polar surface area (TPSA) is 57.9 Å². The summed E-state index contributed by atoms with van der Waals surface area (Å²) in [6, 6.07) is 3.99. The number of amides is 1. The van der Waals surface area contributed by atoms with E-state index in [-0.39, 0.29) is 11.7 Å². The Labute approximate surface area is 122 Å². The van der Waals surface area contributed by atoms with Gasteiger partial charge < -0.3 is 9.80 Å². The van der Waals surface area contributed by atoms with Crippen LogP contribution >= 0.6 is 0 Å². The number of carbonyl (C=O) groups excluding carboxylic acids is 2. The predicted octanol–water partition coefficient (Wildman–Crippen LogP) is 1.21. The minimum Gasteiger partial charge on any atom is -0.368 e. The molecule has 1 amide bonds. The lowest BCUT2D eigenvalue weighted by molar-refractivity contribution is -0.129. The normalized spacial score (nSPS) is 15.5. The Hall–Kier alpha value is -2.37. The lowest BCUT2D eigenvalue weighted by atomic mass is 10.2. The fraction of sp³-hybridized carbons (Fsp3) is 0.400. The number of hydrogen-bond donors (Lipinski definition) is 0. The number of piperazine rings is 1. The summed E-state index contributed by atoms with van der Waals surface area (Å²) in [6.07, 6.45) is 3.48. The van der Waals surface area contributed by atoms with E-state index in [0.29, 0.717) is 5.56 Å². The second-order valence-corrected chi connectivity index (χ2v) is 5.32. The molecule has 1 fully saturated rings. The van der Waals surface area contributed by atoms with Gasteiger partial charge in [0, 0.05) is 45.0 Å². The maximum atomic E-state index is 11.6. The Bertz CT molecular complexity index is 699. The van der Waals surface area contributed by atoms with Gasteiger partial charge in [0.05, 0.1) is 17.3 Å². The van der Waals surface area contributed by atoms with Gasteiger partial charge in [-0.3, -0.25) is 9.59 Å². The van der Waals surface area contributed by atoms with E-state index in [0.717, 1.165) is 37.4 Å². The maximum absolute atomic E-state index is 11.6. The summed E-state index contributed by atoms with van der Waals surface area (Å²) in [6.45, 7) is 6.24. The zero-order chi connectivity index (χ0) is 15.0. The summed E-state index contributed by atoms with van der Waals surface area (Å²) in [7, 11) is 0. The van der Waals surface area contributed by atoms with Crippen LogP contribution in [0.2, 0.25) is 0 Å². The third-order valence-corrected chi connectivity index (χ3v) is 3.97. The Morgan fingerprint density at radius 3 is 2.48 bits per heavy atom. The van der Waals surface area contributed by atoms with E-state index in [1.165, 1.54) is 0 Å². The molecule has 1 saturated heterocycles. The molecule has 21 heavy (non-hydrogen) atoms. The molecule has 110 valence electrons. The molecule has 0 N–H and O–H groups in total. The van der Waals surface area contributed by atoms with Crippen LogP contribution in [0.25, 0.3) is 5.52 Å². The fourth-order valence-electron chi connectivity index (χ4n) is 2.72. The zero-order valence-corrected chi connectivity index (χ0v) is 12.2. The van der Waals surface area contributed by atoms with Crippen molar-refractivity contribution in [2.75, 3.05) is 31.1 Å². The third kappa shape index (κ3) is 2.49. The van der Waals surface area contributed by atoms with Gasteiger partial charge >= 0.3 is 0 Å². The van der Waals surface area contributed by atoms with Crippen LogP contribution < -0.4 is 4.90 Å². The maximum Gasteiger partial charge on any atom is 0.219 e. The van der Waals surface area contributed by atoms with Gasteiger partial charge in [-0.25, -0.2) is 4.52 Å². The Balaban J connectivity index is 1.86. The van der Waals surface area contributed by atoms with Crippen molar-refractivity contribution in [1.82, 2.24) is 14.5 Å². The number of aromatic nitrogens is 2.